The van der Waals surface area contributed by atoms with Crippen LogP contribution >= 0.6 is 11.3 Å². The van der Waals surface area contributed by atoms with Gasteiger partial charge in [-0.1, -0.05) is 24.4 Å². The van der Waals surface area contributed by atoms with Crippen molar-refractivity contribution in [2.75, 3.05) is 6.54 Å². The fraction of sp³-hybridized carbons (Fsp3) is 0.571. The highest BCUT2D eigenvalue weighted by molar-refractivity contribution is 7.08. The van der Waals surface area contributed by atoms with Gasteiger partial charge in [-0.25, -0.2) is 0 Å². The van der Waals surface area contributed by atoms with E-state index in [0.29, 0.717) is 12.4 Å². The molecule has 5 heteroatoms. The zero-order chi connectivity index (χ0) is 13.3. The Morgan fingerprint density at radius 2 is 2.11 bits per heavy atom. The molecule has 0 atom stereocenters. The second-order valence-electron chi connectivity index (χ2n) is 5.44. The first-order valence-corrected chi connectivity index (χ1v) is 7.77. The molecule has 1 fully saturated rings. The Balaban J connectivity index is 1.94. The minimum absolute atomic E-state index is 0.0899. The maximum absolute atomic E-state index is 6.00. The molecule has 0 unspecified atom stereocenters. The molecular weight excluding hydrogens is 258 g/mol. The van der Waals surface area contributed by atoms with Crippen LogP contribution < -0.4 is 5.73 Å². The molecule has 0 spiro atoms. The Morgan fingerprint density at radius 3 is 2.74 bits per heavy atom. The molecule has 2 aromatic rings. The molecule has 1 saturated carbocycles. The zero-order valence-electron chi connectivity index (χ0n) is 11.2. The van der Waals surface area contributed by atoms with Crippen molar-refractivity contribution in [3.8, 4) is 11.4 Å². The summed E-state index contributed by atoms with van der Waals surface area (Å²) in [4.78, 5) is 4.63. The summed E-state index contributed by atoms with van der Waals surface area (Å²) in [5, 5.41) is 8.32. The van der Waals surface area contributed by atoms with Gasteiger partial charge in [0, 0.05) is 17.5 Å². The molecule has 0 saturated heterocycles. The van der Waals surface area contributed by atoms with Crippen molar-refractivity contribution >= 4 is 11.3 Å². The summed E-state index contributed by atoms with van der Waals surface area (Å²) in [7, 11) is 0. The highest BCUT2D eigenvalue weighted by Gasteiger charge is 2.38. The first-order chi connectivity index (χ1) is 9.25. The third-order valence-electron chi connectivity index (χ3n) is 4.18. The lowest BCUT2D eigenvalue weighted by atomic mass is 9.74. The lowest BCUT2D eigenvalue weighted by molar-refractivity contribution is 0.220. The number of hydrogen-bond acceptors (Lipinski definition) is 5. The van der Waals surface area contributed by atoms with Gasteiger partial charge in [-0.3, -0.25) is 0 Å². The van der Waals surface area contributed by atoms with Crippen LogP contribution in [0.25, 0.3) is 11.4 Å². The standard InChI is InChI=1S/C14H19N3OS/c1-10-7-19-8-11(10)12-16-13(18-17-12)14(9-15)5-3-2-4-6-14/h7-8H,2-6,9,15H2,1H3. The molecule has 19 heavy (non-hydrogen) atoms. The van der Waals surface area contributed by atoms with Crippen molar-refractivity contribution in [1.82, 2.24) is 10.1 Å². The van der Waals surface area contributed by atoms with E-state index in [0.717, 1.165) is 24.3 Å². The summed E-state index contributed by atoms with van der Waals surface area (Å²) in [6, 6.07) is 0. The summed E-state index contributed by atoms with van der Waals surface area (Å²) in [6.45, 7) is 2.67. The lowest BCUT2D eigenvalue weighted by Gasteiger charge is -2.32. The monoisotopic (exact) mass is 277 g/mol. The maximum Gasteiger partial charge on any atom is 0.234 e. The van der Waals surface area contributed by atoms with Crippen LogP contribution in [0.5, 0.6) is 0 Å². The molecular formula is C14H19N3OS. The predicted octanol–water partition coefficient (Wildman–Crippen LogP) is 3.27. The molecule has 2 N–H and O–H groups in total. The van der Waals surface area contributed by atoms with E-state index in [1.807, 2.05) is 0 Å². The first kappa shape index (κ1) is 12.8. The van der Waals surface area contributed by atoms with Gasteiger partial charge in [-0.2, -0.15) is 16.3 Å². The number of nitrogens with zero attached hydrogens (tertiary/aromatic N) is 2. The van der Waals surface area contributed by atoms with Crippen LogP contribution in [0, 0.1) is 6.92 Å². The Hall–Kier alpha value is -1.20. The van der Waals surface area contributed by atoms with Gasteiger partial charge in [0.2, 0.25) is 11.7 Å². The maximum atomic E-state index is 6.00. The summed E-state index contributed by atoms with van der Waals surface area (Å²) in [5.41, 5.74) is 8.18. The number of thiophene rings is 1. The molecule has 2 heterocycles. The van der Waals surface area contributed by atoms with Crippen LogP contribution in [-0.4, -0.2) is 16.7 Å². The van der Waals surface area contributed by atoms with Gasteiger partial charge in [0.25, 0.3) is 0 Å². The molecule has 4 nitrogen and oxygen atoms in total. The number of aromatic nitrogens is 2. The summed E-state index contributed by atoms with van der Waals surface area (Å²) < 4.78 is 5.54. The third kappa shape index (κ3) is 2.21. The number of aryl methyl sites for hydroxylation is 1. The highest BCUT2D eigenvalue weighted by atomic mass is 32.1. The minimum atomic E-state index is -0.0899. The fourth-order valence-corrected chi connectivity index (χ4v) is 3.70. The van der Waals surface area contributed by atoms with Crippen LogP contribution in [-0.2, 0) is 5.41 Å². The molecule has 3 rings (SSSR count). The Labute approximate surface area is 117 Å². The van der Waals surface area contributed by atoms with E-state index in [2.05, 4.69) is 27.8 Å². The number of hydrogen-bond donors (Lipinski definition) is 1. The molecule has 0 amide bonds. The predicted molar refractivity (Wildman–Crippen MR) is 76.2 cm³/mol. The van der Waals surface area contributed by atoms with Crippen LogP contribution in [0.2, 0.25) is 0 Å². The lowest BCUT2D eigenvalue weighted by Crippen LogP contribution is -2.37. The van der Waals surface area contributed by atoms with Gasteiger partial charge < -0.3 is 10.3 Å². The summed E-state index contributed by atoms with van der Waals surface area (Å²) in [6.07, 6.45) is 5.81. The third-order valence-corrected chi connectivity index (χ3v) is 5.04. The van der Waals surface area contributed by atoms with Crippen LogP contribution in [0.3, 0.4) is 0 Å². The van der Waals surface area contributed by atoms with Gasteiger partial charge >= 0.3 is 0 Å². The van der Waals surface area contributed by atoms with Crippen molar-refractivity contribution in [3.63, 3.8) is 0 Å². The van der Waals surface area contributed by atoms with Crippen molar-refractivity contribution in [2.24, 2.45) is 5.73 Å². The van der Waals surface area contributed by atoms with Crippen molar-refractivity contribution < 1.29 is 4.52 Å². The van der Waals surface area contributed by atoms with E-state index < -0.39 is 0 Å². The van der Waals surface area contributed by atoms with E-state index in [-0.39, 0.29) is 5.41 Å². The van der Waals surface area contributed by atoms with E-state index >= 15 is 0 Å². The average molecular weight is 277 g/mol. The van der Waals surface area contributed by atoms with Gasteiger partial charge in [-0.05, 0) is 30.7 Å². The summed E-state index contributed by atoms with van der Waals surface area (Å²) in [5.74, 6) is 1.43. The van der Waals surface area contributed by atoms with Gasteiger partial charge in [0.15, 0.2) is 0 Å². The van der Waals surface area contributed by atoms with E-state index in [9.17, 15) is 0 Å². The molecule has 102 valence electrons. The smallest absolute Gasteiger partial charge is 0.234 e. The van der Waals surface area contributed by atoms with Crippen molar-refractivity contribution in [2.45, 2.75) is 44.4 Å². The van der Waals surface area contributed by atoms with Crippen molar-refractivity contribution in [1.29, 1.82) is 0 Å². The second-order valence-corrected chi connectivity index (χ2v) is 6.18. The molecule has 0 bridgehead atoms. The molecule has 0 aliphatic heterocycles. The molecule has 2 aromatic heterocycles. The SMILES string of the molecule is Cc1cscc1-c1noc(C2(CN)CCCCC2)n1. The molecule has 1 aliphatic rings. The van der Waals surface area contributed by atoms with Gasteiger partial charge in [0.05, 0.1) is 5.41 Å². The molecule has 0 aromatic carbocycles. The average Bonchev–Trinajstić information content (AvgIpc) is 3.08. The van der Waals surface area contributed by atoms with Crippen LogP contribution in [0.15, 0.2) is 15.3 Å². The van der Waals surface area contributed by atoms with Crippen molar-refractivity contribution in [3.05, 3.63) is 22.2 Å². The highest BCUT2D eigenvalue weighted by Crippen LogP contribution is 2.38. The summed E-state index contributed by atoms with van der Waals surface area (Å²) >= 11 is 1.66. The van der Waals surface area contributed by atoms with Gasteiger partial charge in [0.1, 0.15) is 0 Å². The normalized spacial score (nSPS) is 18.6. The molecule has 1 aliphatic carbocycles. The van der Waals surface area contributed by atoms with E-state index in [4.69, 9.17) is 10.3 Å². The quantitative estimate of drug-likeness (QED) is 0.935. The van der Waals surface area contributed by atoms with Crippen LogP contribution in [0.1, 0.15) is 43.6 Å². The van der Waals surface area contributed by atoms with Gasteiger partial charge in [-0.15, -0.1) is 0 Å². The fourth-order valence-electron chi connectivity index (χ4n) is 2.87. The largest absolute Gasteiger partial charge is 0.338 e. The minimum Gasteiger partial charge on any atom is -0.338 e. The molecule has 0 radical (unpaired) electrons. The second kappa shape index (κ2) is 5.06. The van der Waals surface area contributed by atoms with Crippen LogP contribution in [0.4, 0.5) is 0 Å². The Bertz CT molecular complexity index is 555. The van der Waals surface area contributed by atoms with E-state index in [1.165, 1.54) is 24.8 Å². The Kier molecular flexibility index (Phi) is 3.41. The van der Waals surface area contributed by atoms with E-state index in [1.54, 1.807) is 11.3 Å². The number of rotatable bonds is 3. The first-order valence-electron chi connectivity index (χ1n) is 6.83. The zero-order valence-corrected chi connectivity index (χ0v) is 12.0. The topological polar surface area (TPSA) is 64.9 Å². The Morgan fingerprint density at radius 1 is 1.32 bits per heavy atom. The number of nitrogens with two attached hydrogens (primary N) is 1.